The van der Waals surface area contributed by atoms with Crippen LogP contribution in [0.1, 0.15) is 30.7 Å². The highest BCUT2D eigenvalue weighted by atomic mass is 16.5. The second-order valence-corrected chi connectivity index (χ2v) is 5.22. The highest BCUT2D eigenvalue weighted by molar-refractivity contribution is 5.41. The Labute approximate surface area is 110 Å². The van der Waals surface area contributed by atoms with E-state index in [-0.39, 0.29) is 5.54 Å². The first-order valence-electron chi connectivity index (χ1n) is 6.14. The van der Waals surface area contributed by atoms with Gasteiger partial charge < -0.3 is 14.8 Å². The summed E-state index contributed by atoms with van der Waals surface area (Å²) < 4.78 is 10.6. The average Bonchev–Trinajstić information content (AvgIpc) is 2.28. The van der Waals surface area contributed by atoms with Crippen molar-refractivity contribution in [3.8, 4) is 5.75 Å². The Kier molecular flexibility index (Phi) is 5.11. The summed E-state index contributed by atoms with van der Waals surface area (Å²) in [7, 11) is 3.41. The Morgan fingerprint density at radius 1 is 1.28 bits per heavy atom. The summed E-state index contributed by atoms with van der Waals surface area (Å²) in [6, 6.07) is 0. The van der Waals surface area contributed by atoms with E-state index in [2.05, 4.69) is 24.1 Å². The summed E-state index contributed by atoms with van der Waals surface area (Å²) >= 11 is 0. The number of nitrogens with one attached hydrogen (secondary N) is 1. The van der Waals surface area contributed by atoms with Crippen molar-refractivity contribution in [1.29, 1.82) is 0 Å². The molecule has 0 aliphatic carbocycles. The van der Waals surface area contributed by atoms with E-state index in [4.69, 9.17) is 9.47 Å². The van der Waals surface area contributed by atoms with Crippen LogP contribution in [0.4, 0.5) is 0 Å². The molecule has 4 heteroatoms. The van der Waals surface area contributed by atoms with E-state index in [0.717, 1.165) is 22.6 Å². The molecule has 1 aromatic rings. The molecule has 18 heavy (non-hydrogen) atoms. The van der Waals surface area contributed by atoms with Gasteiger partial charge in [-0.25, -0.2) is 0 Å². The molecule has 4 nitrogen and oxygen atoms in total. The molecule has 0 aliphatic rings. The molecule has 0 bridgehead atoms. The van der Waals surface area contributed by atoms with Gasteiger partial charge in [0.25, 0.3) is 0 Å². The Bertz CT molecular complexity index is 403. The number of rotatable bonds is 6. The largest absolute Gasteiger partial charge is 0.496 e. The van der Waals surface area contributed by atoms with Gasteiger partial charge in [0.05, 0.1) is 19.4 Å². The minimum atomic E-state index is -0.0685. The van der Waals surface area contributed by atoms with Crippen LogP contribution in [0.25, 0.3) is 0 Å². The lowest BCUT2D eigenvalue weighted by molar-refractivity contribution is 0.127. The van der Waals surface area contributed by atoms with Crippen molar-refractivity contribution in [2.45, 2.75) is 39.8 Å². The number of ether oxygens (including phenoxy) is 2. The fourth-order valence-corrected chi connectivity index (χ4v) is 1.98. The number of aryl methyl sites for hydroxylation is 1. The van der Waals surface area contributed by atoms with Crippen LogP contribution >= 0.6 is 0 Å². The van der Waals surface area contributed by atoms with Gasteiger partial charge in [-0.3, -0.25) is 4.98 Å². The molecule has 0 aromatic carbocycles. The van der Waals surface area contributed by atoms with E-state index in [1.807, 2.05) is 20.0 Å². The fraction of sp³-hybridized carbons (Fsp3) is 0.643. The highest BCUT2D eigenvalue weighted by Crippen LogP contribution is 2.24. The molecule has 0 saturated carbocycles. The lowest BCUT2D eigenvalue weighted by Crippen LogP contribution is -2.43. The van der Waals surface area contributed by atoms with Gasteiger partial charge in [0.2, 0.25) is 0 Å². The Morgan fingerprint density at radius 3 is 2.50 bits per heavy atom. The smallest absolute Gasteiger partial charge is 0.128 e. The minimum absolute atomic E-state index is 0.0685. The molecule has 1 aromatic heterocycles. The first kappa shape index (κ1) is 14.9. The van der Waals surface area contributed by atoms with Gasteiger partial charge >= 0.3 is 0 Å². The third kappa shape index (κ3) is 3.68. The first-order valence-corrected chi connectivity index (χ1v) is 6.14. The van der Waals surface area contributed by atoms with Gasteiger partial charge in [0, 0.05) is 36.5 Å². The predicted octanol–water partition coefficient (Wildman–Crippen LogP) is 2.22. The molecular weight excluding hydrogens is 228 g/mol. The summed E-state index contributed by atoms with van der Waals surface area (Å²) in [5.74, 6) is 0.923. The molecule has 102 valence electrons. The quantitative estimate of drug-likeness (QED) is 0.843. The lowest BCUT2D eigenvalue weighted by Gasteiger charge is -2.25. The maximum absolute atomic E-state index is 5.40. The van der Waals surface area contributed by atoms with E-state index in [9.17, 15) is 0 Å². The van der Waals surface area contributed by atoms with Gasteiger partial charge in [-0.1, -0.05) is 0 Å². The van der Waals surface area contributed by atoms with E-state index in [0.29, 0.717) is 13.2 Å². The van der Waals surface area contributed by atoms with Crippen LogP contribution in [-0.2, 0) is 11.3 Å². The second-order valence-electron chi connectivity index (χ2n) is 5.22. The minimum Gasteiger partial charge on any atom is -0.496 e. The van der Waals surface area contributed by atoms with Gasteiger partial charge in [-0.15, -0.1) is 0 Å². The summed E-state index contributed by atoms with van der Waals surface area (Å²) in [6.45, 7) is 9.63. The van der Waals surface area contributed by atoms with Crippen LogP contribution in [-0.4, -0.2) is 31.3 Å². The van der Waals surface area contributed by atoms with Crippen LogP contribution in [0.5, 0.6) is 5.75 Å². The fourth-order valence-electron chi connectivity index (χ4n) is 1.98. The Balaban J connectivity index is 2.80. The maximum Gasteiger partial charge on any atom is 0.128 e. The van der Waals surface area contributed by atoms with Crippen molar-refractivity contribution >= 4 is 0 Å². The van der Waals surface area contributed by atoms with E-state index in [1.54, 1.807) is 14.2 Å². The molecule has 1 rings (SSSR count). The number of hydrogen-bond acceptors (Lipinski definition) is 4. The zero-order chi connectivity index (χ0) is 13.8. The molecule has 0 spiro atoms. The van der Waals surface area contributed by atoms with Crippen molar-refractivity contribution in [1.82, 2.24) is 10.3 Å². The SMILES string of the molecule is COCC(C)(C)NCc1ncc(C)c(OC)c1C. The molecule has 0 unspecified atom stereocenters. The van der Waals surface area contributed by atoms with Crippen molar-refractivity contribution < 1.29 is 9.47 Å². The Hall–Kier alpha value is -1.13. The van der Waals surface area contributed by atoms with Crippen molar-refractivity contribution in [3.63, 3.8) is 0 Å². The van der Waals surface area contributed by atoms with E-state index < -0.39 is 0 Å². The van der Waals surface area contributed by atoms with Crippen LogP contribution in [0.15, 0.2) is 6.20 Å². The zero-order valence-electron chi connectivity index (χ0n) is 12.3. The van der Waals surface area contributed by atoms with Crippen LogP contribution in [0.2, 0.25) is 0 Å². The average molecular weight is 252 g/mol. The molecule has 1 N–H and O–H groups in total. The summed E-state index contributed by atoms with van der Waals surface area (Å²) in [5, 5.41) is 3.44. The summed E-state index contributed by atoms with van der Waals surface area (Å²) in [6.07, 6.45) is 1.85. The third-order valence-electron chi connectivity index (χ3n) is 2.99. The molecular formula is C14H24N2O2. The first-order chi connectivity index (χ1) is 8.41. The number of nitrogens with zero attached hydrogens (tertiary/aromatic N) is 1. The zero-order valence-corrected chi connectivity index (χ0v) is 12.3. The van der Waals surface area contributed by atoms with Gasteiger partial charge in [-0.2, -0.15) is 0 Å². The van der Waals surface area contributed by atoms with Crippen molar-refractivity contribution in [3.05, 3.63) is 23.0 Å². The molecule has 0 amide bonds. The Morgan fingerprint density at radius 2 is 1.94 bits per heavy atom. The van der Waals surface area contributed by atoms with Crippen molar-refractivity contribution in [2.75, 3.05) is 20.8 Å². The number of pyridine rings is 1. The molecule has 0 saturated heterocycles. The predicted molar refractivity (Wildman–Crippen MR) is 73.1 cm³/mol. The van der Waals surface area contributed by atoms with Gasteiger partial charge in [-0.05, 0) is 27.7 Å². The highest BCUT2D eigenvalue weighted by Gasteiger charge is 2.18. The van der Waals surface area contributed by atoms with Crippen LogP contribution < -0.4 is 10.1 Å². The standard InChI is InChI=1S/C14H24N2O2/c1-10-7-15-12(11(2)13(10)18-6)8-16-14(3,4)9-17-5/h7,16H,8-9H2,1-6H3. The van der Waals surface area contributed by atoms with E-state index >= 15 is 0 Å². The normalized spacial score (nSPS) is 11.7. The molecule has 1 heterocycles. The van der Waals surface area contributed by atoms with E-state index in [1.165, 1.54) is 0 Å². The number of hydrogen-bond donors (Lipinski definition) is 1. The molecule has 0 radical (unpaired) electrons. The van der Waals surface area contributed by atoms with Gasteiger partial charge in [0.15, 0.2) is 0 Å². The van der Waals surface area contributed by atoms with Crippen molar-refractivity contribution in [2.24, 2.45) is 0 Å². The summed E-state index contributed by atoms with van der Waals surface area (Å²) in [5.41, 5.74) is 3.11. The molecule has 0 fully saturated rings. The summed E-state index contributed by atoms with van der Waals surface area (Å²) in [4.78, 5) is 4.47. The topological polar surface area (TPSA) is 43.4 Å². The number of methoxy groups -OCH3 is 2. The monoisotopic (exact) mass is 252 g/mol. The second kappa shape index (κ2) is 6.16. The third-order valence-corrected chi connectivity index (χ3v) is 2.99. The maximum atomic E-state index is 5.40. The van der Waals surface area contributed by atoms with Crippen LogP contribution in [0.3, 0.4) is 0 Å². The number of aromatic nitrogens is 1. The van der Waals surface area contributed by atoms with Crippen LogP contribution in [0, 0.1) is 13.8 Å². The van der Waals surface area contributed by atoms with Gasteiger partial charge in [0.1, 0.15) is 5.75 Å². The molecule has 0 aliphatic heterocycles. The lowest BCUT2D eigenvalue weighted by atomic mass is 10.1. The molecule has 0 atom stereocenters.